The summed E-state index contributed by atoms with van der Waals surface area (Å²) in [5.74, 6) is -0.705. The van der Waals surface area contributed by atoms with Crippen LogP contribution in [-0.2, 0) is 16.1 Å². The maximum absolute atomic E-state index is 13.7. The third-order valence-corrected chi connectivity index (χ3v) is 6.13. The first-order valence-corrected chi connectivity index (χ1v) is 10.9. The van der Waals surface area contributed by atoms with Crippen molar-refractivity contribution in [3.8, 4) is 5.75 Å². The Labute approximate surface area is 186 Å². The Morgan fingerprint density at radius 2 is 2.00 bits per heavy atom. The molecule has 4 rings (SSSR count). The fourth-order valence-corrected chi connectivity index (χ4v) is 4.45. The van der Waals surface area contributed by atoms with Crippen molar-refractivity contribution in [3.05, 3.63) is 41.7 Å². The summed E-state index contributed by atoms with van der Waals surface area (Å²) in [5, 5.41) is 7.40. The zero-order valence-corrected chi connectivity index (χ0v) is 18.6. The molecule has 2 aromatic rings. The van der Waals surface area contributed by atoms with Gasteiger partial charge in [-0.3, -0.25) is 19.2 Å². The maximum Gasteiger partial charge on any atom is 0.358 e. The lowest BCUT2D eigenvalue weighted by atomic mass is 9.93. The van der Waals surface area contributed by atoms with Crippen molar-refractivity contribution in [1.29, 1.82) is 0 Å². The molecule has 9 heteroatoms. The van der Waals surface area contributed by atoms with Crippen LogP contribution in [0.2, 0.25) is 0 Å². The molecule has 1 aliphatic carbocycles. The van der Waals surface area contributed by atoms with Gasteiger partial charge in [0, 0.05) is 23.9 Å². The third kappa shape index (κ3) is 3.83. The number of hydrogen-bond donors (Lipinski definition) is 1. The van der Waals surface area contributed by atoms with Gasteiger partial charge in [-0.1, -0.05) is 18.9 Å². The SMILES string of the molecule is CCOC(=O)c1cc2n(n1)CC(C)(C(=O)NC1CCCC1)N(c1cccc(OC)c1)C2=O. The summed E-state index contributed by atoms with van der Waals surface area (Å²) in [7, 11) is 1.55. The summed E-state index contributed by atoms with van der Waals surface area (Å²) in [4.78, 5) is 40.9. The Bertz CT molecular complexity index is 1040. The molecule has 2 aliphatic rings. The number of carbonyl (C=O) groups is 3. The second kappa shape index (κ2) is 8.64. The highest BCUT2D eigenvalue weighted by molar-refractivity contribution is 6.12. The van der Waals surface area contributed by atoms with Crippen LogP contribution in [0, 0.1) is 0 Å². The molecule has 0 saturated heterocycles. The minimum Gasteiger partial charge on any atom is -0.497 e. The number of benzene rings is 1. The quantitative estimate of drug-likeness (QED) is 0.693. The van der Waals surface area contributed by atoms with E-state index in [-0.39, 0.29) is 36.5 Å². The van der Waals surface area contributed by atoms with Crippen LogP contribution in [0.3, 0.4) is 0 Å². The molecule has 0 spiro atoms. The first kappa shape index (κ1) is 21.9. The summed E-state index contributed by atoms with van der Waals surface area (Å²) in [6.45, 7) is 3.73. The second-order valence-corrected chi connectivity index (χ2v) is 8.36. The minimum atomic E-state index is -1.25. The number of ether oxygens (including phenoxy) is 2. The molecule has 1 aliphatic heterocycles. The zero-order valence-electron chi connectivity index (χ0n) is 18.6. The number of amides is 2. The second-order valence-electron chi connectivity index (χ2n) is 8.36. The van der Waals surface area contributed by atoms with Gasteiger partial charge in [-0.15, -0.1) is 0 Å². The van der Waals surface area contributed by atoms with Gasteiger partial charge in [-0.25, -0.2) is 4.79 Å². The van der Waals surface area contributed by atoms with Crippen LogP contribution in [0.5, 0.6) is 5.75 Å². The van der Waals surface area contributed by atoms with E-state index in [4.69, 9.17) is 9.47 Å². The minimum absolute atomic E-state index is 0.0428. The van der Waals surface area contributed by atoms with E-state index in [1.165, 1.54) is 15.6 Å². The van der Waals surface area contributed by atoms with Crippen molar-refractivity contribution in [2.24, 2.45) is 0 Å². The van der Waals surface area contributed by atoms with Gasteiger partial charge in [-0.05, 0) is 38.8 Å². The van der Waals surface area contributed by atoms with E-state index in [1.54, 1.807) is 45.2 Å². The molecule has 2 amide bonds. The van der Waals surface area contributed by atoms with Crippen molar-refractivity contribution in [2.75, 3.05) is 18.6 Å². The van der Waals surface area contributed by atoms with Crippen molar-refractivity contribution in [1.82, 2.24) is 15.1 Å². The van der Waals surface area contributed by atoms with Crippen LogP contribution >= 0.6 is 0 Å². The molecule has 0 radical (unpaired) electrons. The standard InChI is InChI=1S/C23H28N4O5/c1-4-32-21(29)18-13-19-20(28)27(16-10-7-11-17(12-16)31-3)23(2,14-26(19)25-18)22(30)24-15-8-5-6-9-15/h7,10-13,15H,4-6,8-9,14H2,1-3H3,(H,24,30). The Morgan fingerprint density at radius 3 is 2.69 bits per heavy atom. The van der Waals surface area contributed by atoms with Crippen molar-refractivity contribution >= 4 is 23.5 Å². The number of fused-ring (bicyclic) bond motifs is 1. The number of aromatic nitrogens is 2. The summed E-state index contributed by atoms with van der Waals surface area (Å²) < 4.78 is 11.8. The largest absolute Gasteiger partial charge is 0.497 e. The number of rotatable bonds is 6. The van der Waals surface area contributed by atoms with Gasteiger partial charge in [0.15, 0.2) is 5.69 Å². The molecule has 2 heterocycles. The fourth-order valence-electron chi connectivity index (χ4n) is 4.45. The predicted molar refractivity (Wildman–Crippen MR) is 117 cm³/mol. The first-order valence-electron chi connectivity index (χ1n) is 10.9. The van der Waals surface area contributed by atoms with Gasteiger partial charge in [0.05, 0.1) is 20.3 Å². The van der Waals surface area contributed by atoms with Gasteiger partial charge in [0.2, 0.25) is 5.91 Å². The van der Waals surface area contributed by atoms with E-state index in [0.717, 1.165) is 25.7 Å². The molecule has 170 valence electrons. The van der Waals surface area contributed by atoms with Gasteiger partial charge in [-0.2, -0.15) is 5.10 Å². The molecule has 32 heavy (non-hydrogen) atoms. The summed E-state index contributed by atoms with van der Waals surface area (Å²) >= 11 is 0. The van der Waals surface area contributed by atoms with Crippen LogP contribution in [0.1, 0.15) is 60.5 Å². The van der Waals surface area contributed by atoms with E-state index >= 15 is 0 Å². The Balaban J connectivity index is 1.77. The highest BCUT2D eigenvalue weighted by atomic mass is 16.5. The maximum atomic E-state index is 13.7. The lowest BCUT2D eigenvalue weighted by Gasteiger charge is -2.43. The fraction of sp³-hybridized carbons (Fsp3) is 0.478. The molecule has 0 bridgehead atoms. The van der Waals surface area contributed by atoms with E-state index in [0.29, 0.717) is 11.4 Å². The summed E-state index contributed by atoms with van der Waals surface area (Å²) in [5.41, 5.74) is -0.455. The van der Waals surface area contributed by atoms with Crippen molar-refractivity contribution in [2.45, 2.75) is 57.7 Å². The van der Waals surface area contributed by atoms with Crippen LogP contribution in [0.15, 0.2) is 30.3 Å². The zero-order chi connectivity index (χ0) is 22.9. The van der Waals surface area contributed by atoms with Crippen LogP contribution in [0.4, 0.5) is 5.69 Å². The van der Waals surface area contributed by atoms with Crippen molar-refractivity contribution in [3.63, 3.8) is 0 Å². The number of esters is 1. The molecular weight excluding hydrogens is 412 g/mol. The molecule has 1 N–H and O–H groups in total. The number of nitrogens with zero attached hydrogens (tertiary/aromatic N) is 3. The number of methoxy groups -OCH3 is 1. The highest BCUT2D eigenvalue weighted by Crippen LogP contribution is 2.35. The normalized spacial score (nSPS) is 20.7. The van der Waals surface area contributed by atoms with Crippen LogP contribution in [-0.4, -0.2) is 52.9 Å². The number of hydrogen-bond acceptors (Lipinski definition) is 6. The van der Waals surface area contributed by atoms with E-state index in [2.05, 4.69) is 10.4 Å². The lowest BCUT2D eigenvalue weighted by Crippen LogP contribution is -2.65. The molecule has 1 atom stereocenters. The predicted octanol–water partition coefficient (Wildman–Crippen LogP) is 2.55. The molecule has 9 nitrogen and oxygen atoms in total. The molecule has 1 saturated carbocycles. The van der Waals surface area contributed by atoms with Crippen LogP contribution < -0.4 is 15.0 Å². The van der Waals surface area contributed by atoms with Gasteiger partial charge in [0.25, 0.3) is 5.91 Å². The summed E-state index contributed by atoms with van der Waals surface area (Å²) in [6.07, 6.45) is 4.00. The van der Waals surface area contributed by atoms with Crippen LogP contribution in [0.25, 0.3) is 0 Å². The lowest BCUT2D eigenvalue weighted by molar-refractivity contribution is -0.127. The Hall–Kier alpha value is -3.36. The third-order valence-electron chi connectivity index (χ3n) is 6.13. The topological polar surface area (TPSA) is 103 Å². The highest BCUT2D eigenvalue weighted by Gasteiger charge is 2.49. The number of carbonyl (C=O) groups excluding carboxylic acids is 3. The number of nitrogens with one attached hydrogen (secondary N) is 1. The van der Waals surface area contributed by atoms with Gasteiger partial charge >= 0.3 is 5.97 Å². The monoisotopic (exact) mass is 440 g/mol. The molecule has 1 fully saturated rings. The summed E-state index contributed by atoms with van der Waals surface area (Å²) in [6, 6.07) is 8.54. The van der Waals surface area contributed by atoms with Gasteiger partial charge < -0.3 is 14.8 Å². The molecule has 1 aromatic heterocycles. The first-order chi connectivity index (χ1) is 15.4. The Morgan fingerprint density at radius 1 is 1.25 bits per heavy atom. The molecule has 1 aromatic carbocycles. The van der Waals surface area contributed by atoms with E-state index in [9.17, 15) is 14.4 Å². The van der Waals surface area contributed by atoms with Crippen molar-refractivity contribution < 1.29 is 23.9 Å². The average molecular weight is 441 g/mol. The molecular formula is C23H28N4O5. The van der Waals surface area contributed by atoms with E-state index in [1.807, 2.05) is 0 Å². The van der Waals surface area contributed by atoms with Gasteiger partial charge in [0.1, 0.15) is 17.0 Å². The van der Waals surface area contributed by atoms with E-state index < -0.39 is 17.4 Å². The average Bonchev–Trinajstić information content (AvgIpc) is 3.44. The number of anilines is 1. The molecule has 1 unspecified atom stereocenters. The smallest absolute Gasteiger partial charge is 0.358 e. The Kier molecular flexibility index (Phi) is 5.90.